The van der Waals surface area contributed by atoms with Gasteiger partial charge in [-0.3, -0.25) is 0 Å². The maximum Gasteiger partial charge on any atom is 0.169 e. The average molecular weight is 421 g/mol. The lowest BCUT2D eigenvalue weighted by Crippen LogP contribution is -2.45. The molecule has 30 heavy (non-hydrogen) atoms. The van der Waals surface area contributed by atoms with Gasteiger partial charge < -0.3 is 28.8 Å². The van der Waals surface area contributed by atoms with E-state index in [0.29, 0.717) is 19.8 Å². The number of rotatable bonds is 9. The zero-order valence-corrected chi connectivity index (χ0v) is 17.9. The molecule has 6 nitrogen and oxygen atoms in total. The van der Waals surface area contributed by atoms with Gasteiger partial charge in [-0.15, -0.1) is 0 Å². The van der Waals surface area contributed by atoms with Crippen molar-refractivity contribution in [2.75, 3.05) is 26.4 Å². The largest absolute Gasteiger partial charge is 0.394 e. The third-order valence-electron chi connectivity index (χ3n) is 6.47. The molecule has 4 rings (SSSR count). The molecule has 2 aliphatic heterocycles. The van der Waals surface area contributed by atoms with Gasteiger partial charge >= 0.3 is 0 Å². The van der Waals surface area contributed by atoms with Crippen LogP contribution in [0, 0.1) is 0 Å². The summed E-state index contributed by atoms with van der Waals surface area (Å²) in [5, 5.41) is 10.0. The van der Waals surface area contributed by atoms with Crippen LogP contribution in [0.2, 0.25) is 0 Å². The minimum atomic E-state index is -0.451. The standard InChI is InChI=1S/C24H36O6/c25-16-22(23-18-28-24(30-23)12-5-2-6-13-24)29-21-10-7-14-27-20(21)11-15-26-17-19-8-3-1-4-9-19/h1,3-4,8-9,20-23,25H,2,5-7,10-18H2/t20-,21+,22-,23-/m0/s1. The van der Waals surface area contributed by atoms with Crippen LogP contribution in [0.5, 0.6) is 0 Å². The highest BCUT2D eigenvalue weighted by Crippen LogP contribution is 2.39. The van der Waals surface area contributed by atoms with Crippen LogP contribution in [0.25, 0.3) is 0 Å². The molecule has 3 aliphatic rings. The summed E-state index contributed by atoms with van der Waals surface area (Å²) < 4.78 is 30.5. The molecule has 1 spiro atoms. The van der Waals surface area contributed by atoms with Gasteiger partial charge in [0.2, 0.25) is 0 Å². The van der Waals surface area contributed by atoms with Crippen molar-refractivity contribution in [3.8, 4) is 0 Å². The van der Waals surface area contributed by atoms with Crippen LogP contribution in [0.15, 0.2) is 30.3 Å². The molecule has 0 aromatic heterocycles. The summed E-state index contributed by atoms with van der Waals surface area (Å²) in [5.41, 5.74) is 1.17. The summed E-state index contributed by atoms with van der Waals surface area (Å²) in [5.74, 6) is -0.451. The maximum atomic E-state index is 10.0. The fourth-order valence-electron chi connectivity index (χ4n) is 4.79. The molecule has 1 aromatic carbocycles. The number of hydrogen-bond acceptors (Lipinski definition) is 6. The summed E-state index contributed by atoms with van der Waals surface area (Å²) in [6.45, 7) is 2.39. The van der Waals surface area contributed by atoms with Crippen molar-refractivity contribution in [2.24, 2.45) is 0 Å². The van der Waals surface area contributed by atoms with Crippen molar-refractivity contribution in [3.05, 3.63) is 35.9 Å². The highest BCUT2D eigenvalue weighted by molar-refractivity contribution is 5.13. The molecule has 0 unspecified atom stereocenters. The Morgan fingerprint density at radius 1 is 1.10 bits per heavy atom. The van der Waals surface area contributed by atoms with Gasteiger partial charge in [-0.2, -0.15) is 0 Å². The van der Waals surface area contributed by atoms with E-state index in [1.807, 2.05) is 18.2 Å². The second-order valence-electron chi connectivity index (χ2n) is 8.71. The molecule has 2 heterocycles. The van der Waals surface area contributed by atoms with E-state index in [4.69, 9.17) is 23.7 Å². The monoisotopic (exact) mass is 420 g/mol. The molecule has 4 atom stereocenters. The minimum absolute atomic E-state index is 0.0189. The molecular weight excluding hydrogens is 384 g/mol. The van der Waals surface area contributed by atoms with E-state index in [1.54, 1.807) is 0 Å². The van der Waals surface area contributed by atoms with Crippen molar-refractivity contribution >= 4 is 0 Å². The normalized spacial score (nSPS) is 29.8. The highest BCUT2D eigenvalue weighted by Gasteiger charge is 2.45. The Morgan fingerprint density at radius 2 is 1.93 bits per heavy atom. The molecule has 1 aliphatic carbocycles. The van der Waals surface area contributed by atoms with Gasteiger partial charge in [0, 0.05) is 26.1 Å². The maximum absolute atomic E-state index is 10.0. The summed E-state index contributed by atoms with van der Waals surface area (Å²) in [4.78, 5) is 0. The topological polar surface area (TPSA) is 66.4 Å². The van der Waals surface area contributed by atoms with Crippen LogP contribution < -0.4 is 0 Å². The van der Waals surface area contributed by atoms with E-state index in [2.05, 4.69) is 12.1 Å². The Balaban J connectivity index is 1.25. The first-order valence-electron chi connectivity index (χ1n) is 11.6. The fraction of sp³-hybridized carbons (Fsp3) is 0.750. The van der Waals surface area contributed by atoms with Crippen molar-refractivity contribution in [1.29, 1.82) is 0 Å². The van der Waals surface area contributed by atoms with E-state index in [1.165, 1.54) is 12.0 Å². The Morgan fingerprint density at radius 3 is 2.73 bits per heavy atom. The molecule has 1 aromatic rings. The van der Waals surface area contributed by atoms with E-state index in [9.17, 15) is 5.11 Å². The van der Waals surface area contributed by atoms with E-state index in [0.717, 1.165) is 51.6 Å². The quantitative estimate of drug-likeness (QED) is 0.616. The zero-order valence-electron chi connectivity index (χ0n) is 17.9. The Bertz CT molecular complexity index is 617. The summed E-state index contributed by atoms with van der Waals surface area (Å²) in [6, 6.07) is 10.2. The Labute approximate surface area is 179 Å². The molecule has 6 heteroatoms. The molecular formula is C24H36O6. The molecule has 0 amide bonds. The molecule has 168 valence electrons. The van der Waals surface area contributed by atoms with Gasteiger partial charge in [0.1, 0.15) is 12.2 Å². The average Bonchev–Trinajstić information content (AvgIpc) is 3.20. The lowest BCUT2D eigenvalue weighted by molar-refractivity contribution is -0.214. The predicted octanol–water partition coefficient (Wildman–Crippen LogP) is 3.59. The van der Waals surface area contributed by atoms with Crippen molar-refractivity contribution in [2.45, 2.75) is 88.2 Å². The van der Waals surface area contributed by atoms with Crippen LogP contribution in [-0.4, -0.2) is 61.7 Å². The summed E-state index contributed by atoms with van der Waals surface area (Å²) in [6.07, 6.45) is 7.40. The minimum Gasteiger partial charge on any atom is -0.394 e. The van der Waals surface area contributed by atoms with Crippen molar-refractivity contribution in [3.63, 3.8) is 0 Å². The van der Waals surface area contributed by atoms with Crippen LogP contribution >= 0.6 is 0 Å². The highest BCUT2D eigenvalue weighted by atomic mass is 16.8. The molecule has 1 N–H and O–H groups in total. The third kappa shape index (κ3) is 5.81. The molecule has 0 radical (unpaired) electrons. The van der Waals surface area contributed by atoms with Crippen LogP contribution in [-0.2, 0) is 30.3 Å². The van der Waals surface area contributed by atoms with Gasteiger partial charge in [-0.05, 0) is 37.7 Å². The van der Waals surface area contributed by atoms with E-state index >= 15 is 0 Å². The number of aliphatic hydroxyl groups is 1. The first-order valence-corrected chi connectivity index (χ1v) is 11.6. The van der Waals surface area contributed by atoms with Gasteiger partial charge in [0.05, 0.1) is 32.0 Å². The second kappa shape index (κ2) is 11.0. The summed E-state index contributed by atoms with van der Waals surface area (Å²) >= 11 is 0. The van der Waals surface area contributed by atoms with Gasteiger partial charge in [0.15, 0.2) is 5.79 Å². The Hall–Kier alpha value is -1.02. The van der Waals surface area contributed by atoms with E-state index < -0.39 is 5.79 Å². The fourth-order valence-corrected chi connectivity index (χ4v) is 4.79. The van der Waals surface area contributed by atoms with Crippen LogP contribution in [0.1, 0.15) is 56.9 Å². The smallest absolute Gasteiger partial charge is 0.169 e. The predicted molar refractivity (Wildman–Crippen MR) is 112 cm³/mol. The summed E-state index contributed by atoms with van der Waals surface area (Å²) in [7, 11) is 0. The molecule has 1 saturated carbocycles. The van der Waals surface area contributed by atoms with Gasteiger partial charge in [-0.1, -0.05) is 36.8 Å². The first kappa shape index (κ1) is 22.2. The third-order valence-corrected chi connectivity index (χ3v) is 6.47. The van der Waals surface area contributed by atoms with Crippen molar-refractivity contribution < 1.29 is 28.8 Å². The first-order chi connectivity index (χ1) is 14.8. The Kier molecular flexibility index (Phi) is 8.15. The van der Waals surface area contributed by atoms with Crippen LogP contribution in [0.3, 0.4) is 0 Å². The number of hydrogen-bond donors (Lipinski definition) is 1. The molecule has 3 fully saturated rings. The second-order valence-corrected chi connectivity index (χ2v) is 8.71. The zero-order chi connectivity index (χ0) is 20.7. The van der Waals surface area contributed by atoms with E-state index in [-0.39, 0.29) is 31.0 Å². The van der Waals surface area contributed by atoms with Gasteiger partial charge in [0.25, 0.3) is 0 Å². The lowest BCUT2D eigenvalue weighted by Gasteiger charge is -2.36. The molecule has 2 saturated heterocycles. The SMILES string of the molecule is OC[C@H](O[C@@H]1CCCO[C@H]1CCOCc1ccccc1)[C@@H]1COC2(CCCCC2)O1. The lowest BCUT2D eigenvalue weighted by atomic mass is 9.94. The number of benzene rings is 1. The van der Waals surface area contributed by atoms with Gasteiger partial charge in [-0.25, -0.2) is 0 Å². The molecule has 0 bridgehead atoms. The number of aliphatic hydroxyl groups excluding tert-OH is 1. The number of ether oxygens (including phenoxy) is 5. The van der Waals surface area contributed by atoms with Crippen LogP contribution in [0.4, 0.5) is 0 Å². The van der Waals surface area contributed by atoms with Crippen molar-refractivity contribution in [1.82, 2.24) is 0 Å².